The van der Waals surface area contributed by atoms with E-state index in [-0.39, 0.29) is 11.9 Å². The second kappa shape index (κ2) is 9.95. The minimum Gasteiger partial charge on any atom is -0.491 e. The molecule has 0 bridgehead atoms. The first-order valence-electron chi connectivity index (χ1n) is 7.94. The van der Waals surface area contributed by atoms with Gasteiger partial charge in [-0.3, -0.25) is 4.79 Å². The molecule has 0 saturated carbocycles. The van der Waals surface area contributed by atoms with Crippen LogP contribution >= 0.6 is 35.0 Å². The van der Waals surface area contributed by atoms with Crippen molar-refractivity contribution in [2.24, 2.45) is 0 Å². The number of thioether (sulfide) groups is 1. The molecule has 1 amide bonds. The molecule has 1 atom stereocenters. The zero-order chi connectivity index (χ0) is 18.2. The molecule has 2 aromatic rings. The van der Waals surface area contributed by atoms with Gasteiger partial charge in [0.1, 0.15) is 12.4 Å². The van der Waals surface area contributed by atoms with E-state index >= 15 is 0 Å². The number of aryl methyl sites for hydroxylation is 1. The molecule has 0 saturated heterocycles. The van der Waals surface area contributed by atoms with Gasteiger partial charge in [-0.15, -0.1) is 11.8 Å². The van der Waals surface area contributed by atoms with Crippen molar-refractivity contribution in [3.05, 3.63) is 63.6 Å². The van der Waals surface area contributed by atoms with Crippen LogP contribution in [0.3, 0.4) is 0 Å². The van der Waals surface area contributed by atoms with E-state index in [9.17, 15) is 4.79 Å². The third-order valence-corrected chi connectivity index (χ3v) is 5.16. The van der Waals surface area contributed by atoms with Crippen LogP contribution in [0.15, 0.2) is 42.5 Å². The van der Waals surface area contributed by atoms with Gasteiger partial charge in [-0.25, -0.2) is 0 Å². The number of hydrogen-bond acceptors (Lipinski definition) is 3. The van der Waals surface area contributed by atoms with Gasteiger partial charge < -0.3 is 10.1 Å². The highest BCUT2D eigenvalue weighted by Crippen LogP contribution is 2.24. The Balaban J connectivity index is 1.66. The Morgan fingerprint density at radius 3 is 2.56 bits per heavy atom. The van der Waals surface area contributed by atoms with Crippen LogP contribution in [0.25, 0.3) is 0 Å². The molecule has 0 aliphatic carbocycles. The maximum Gasteiger partial charge on any atom is 0.230 e. The zero-order valence-electron chi connectivity index (χ0n) is 14.2. The first-order valence-corrected chi connectivity index (χ1v) is 9.85. The Kier molecular flexibility index (Phi) is 7.94. The number of ether oxygens (including phenoxy) is 1. The lowest BCUT2D eigenvalue weighted by molar-refractivity contribution is -0.119. The number of carbonyl (C=O) groups excluding carboxylic acids is 1. The highest BCUT2D eigenvalue weighted by Gasteiger charge is 2.09. The lowest BCUT2D eigenvalue weighted by Crippen LogP contribution is -2.37. The third-order valence-electron chi connectivity index (χ3n) is 3.41. The lowest BCUT2D eigenvalue weighted by Gasteiger charge is -2.15. The topological polar surface area (TPSA) is 38.3 Å². The quantitative estimate of drug-likeness (QED) is 0.671. The number of nitrogens with one attached hydrogen (secondary N) is 1. The zero-order valence-corrected chi connectivity index (χ0v) is 16.5. The first kappa shape index (κ1) is 20.0. The van der Waals surface area contributed by atoms with Crippen LogP contribution in [0.1, 0.15) is 18.1 Å². The minimum atomic E-state index is -0.0561. The van der Waals surface area contributed by atoms with E-state index < -0.39 is 0 Å². The summed E-state index contributed by atoms with van der Waals surface area (Å²) in [6.45, 7) is 4.39. The molecule has 1 N–H and O–H groups in total. The molecule has 6 heteroatoms. The van der Waals surface area contributed by atoms with Gasteiger partial charge in [0.05, 0.1) is 21.8 Å². The van der Waals surface area contributed by atoms with E-state index in [1.165, 1.54) is 17.3 Å². The van der Waals surface area contributed by atoms with E-state index in [4.69, 9.17) is 27.9 Å². The fraction of sp³-hybridized carbons (Fsp3) is 0.316. The van der Waals surface area contributed by atoms with Gasteiger partial charge in [-0.2, -0.15) is 0 Å². The Morgan fingerprint density at radius 1 is 1.16 bits per heavy atom. The SMILES string of the molecule is Cc1ccc(OC[C@H](C)NC(=O)CSCc2ccc(Cl)c(Cl)c2)cc1. The molecular formula is C19H21Cl2NO2S. The van der Waals surface area contributed by atoms with E-state index in [2.05, 4.69) is 5.32 Å². The van der Waals surface area contributed by atoms with Crippen LogP contribution in [0, 0.1) is 6.92 Å². The number of amides is 1. The summed E-state index contributed by atoms with van der Waals surface area (Å²) >= 11 is 13.4. The highest BCUT2D eigenvalue weighted by atomic mass is 35.5. The van der Waals surface area contributed by atoms with Gasteiger partial charge in [0.2, 0.25) is 5.91 Å². The van der Waals surface area contributed by atoms with Gasteiger partial charge in [-0.05, 0) is 43.7 Å². The van der Waals surface area contributed by atoms with Crippen molar-refractivity contribution in [3.63, 3.8) is 0 Å². The van der Waals surface area contributed by atoms with Crippen molar-refractivity contribution in [1.29, 1.82) is 0 Å². The van der Waals surface area contributed by atoms with Crippen LogP contribution in [-0.4, -0.2) is 24.3 Å². The molecule has 0 spiro atoms. The van der Waals surface area contributed by atoms with Gasteiger partial charge >= 0.3 is 0 Å². The van der Waals surface area contributed by atoms with E-state index in [1.807, 2.05) is 50.2 Å². The van der Waals surface area contributed by atoms with Crippen molar-refractivity contribution in [1.82, 2.24) is 5.32 Å². The number of rotatable bonds is 8. The molecule has 2 aromatic carbocycles. The molecule has 0 heterocycles. The largest absolute Gasteiger partial charge is 0.491 e. The molecule has 2 rings (SSSR count). The second-order valence-electron chi connectivity index (χ2n) is 5.83. The molecule has 0 aliphatic heterocycles. The predicted octanol–water partition coefficient (Wildman–Crippen LogP) is 5.12. The third kappa shape index (κ3) is 7.18. The maximum absolute atomic E-state index is 12.0. The summed E-state index contributed by atoms with van der Waals surface area (Å²) in [5.74, 6) is 1.89. The second-order valence-corrected chi connectivity index (χ2v) is 7.63. The van der Waals surface area contributed by atoms with E-state index in [1.54, 1.807) is 6.07 Å². The lowest BCUT2D eigenvalue weighted by atomic mass is 10.2. The van der Waals surface area contributed by atoms with Crippen LogP contribution in [-0.2, 0) is 10.5 Å². The van der Waals surface area contributed by atoms with Crippen LogP contribution in [0.4, 0.5) is 0 Å². The normalized spacial score (nSPS) is 11.8. The number of benzene rings is 2. The summed E-state index contributed by atoms with van der Waals surface area (Å²) in [5.41, 5.74) is 2.23. The standard InChI is InChI=1S/C19H21Cl2NO2S/c1-13-3-6-16(7-4-13)24-10-14(2)22-19(23)12-25-11-15-5-8-17(20)18(21)9-15/h3-9,14H,10-12H2,1-2H3,(H,22,23)/t14-/m0/s1. The summed E-state index contributed by atoms with van der Waals surface area (Å²) in [7, 11) is 0. The van der Waals surface area contributed by atoms with E-state index in [0.717, 1.165) is 11.3 Å². The smallest absolute Gasteiger partial charge is 0.230 e. The molecule has 25 heavy (non-hydrogen) atoms. The Morgan fingerprint density at radius 2 is 1.88 bits per heavy atom. The first-order chi connectivity index (χ1) is 11.9. The average molecular weight is 398 g/mol. The minimum absolute atomic E-state index is 0.00920. The van der Waals surface area contributed by atoms with Gasteiger partial charge in [0.15, 0.2) is 0 Å². The van der Waals surface area contributed by atoms with Gasteiger partial charge in [0, 0.05) is 5.75 Å². The summed E-state index contributed by atoms with van der Waals surface area (Å²) in [5, 5.41) is 4.01. The molecular weight excluding hydrogens is 377 g/mol. The van der Waals surface area contributed by atoms with Crippen LogP contribution < -0.4 is 10.1 Å². The van der Waals surface area contributed by atoms with Crippen LogP contribution in [0.5, 0.6) is 5.75 Å². The Hall–Kier alpha value is -1.36. The fourth-order valence-corrected chi connectivity index (χ4v) is 3.21. The molecule has 0 unspecified atom stereocenters. The maximum atomic E-state index is 12.0. The monoisotopic (exact) mass is 397 g/mol. The molecule has 0 radical (unpaired) electrons. The van der Waals surface area contributed by atoms with Gasteiger partial charge in [0.25, 0.3) is 0 Å². The van der Waals surface area contributed by atoms with Crippen molar-refractivity contribution in [2.45, 2.75) is 25.6 Å². The summed E-state index contributed by atoms with van der Waals surface area (Å²) in [4.78, 5) is 12.0. The molecule has 134 valence electrons. The number of halogens is 2. The number of carbonyl (C=O) groups is 1. The van der Waals surface area contributed by atoms with Gasteiger partial charge in [-0.1, -0.05) is 47.0 Å². The molecule has 3 nitrogen and oxygen atoms in total. The summed E-state index contributed by atoms with van der Waals surface area (Å²) < 4.78 is 5.67. The number of hydrogen-bond donors (Lipinski definition) is 1. The van der Waals surface area contributed by atoms with Crippen molar-refractivity contribution >= 4 is 40.9 Å². The summed E-state index contributed by atoms with van der Waals surface area (Å²) in [6.07, 6.45) is 0. The highest BCUT2D eigenvalue weighted by molar-refractivity contribution is 7.99. The molecule has 0 fully saturated rings. The Labute approximate surface area is 163 Å². The molecule has 0 aromatic heterocycles. The summed E-state index contributed by atoms with van der Waals surface area (Å²) in [6, 6.07) is 13.3. The fourth-order valence-electron chi connectivity index (χ4n) is 2.10. The molecule has 0 aliphatic rings. The van der Waals surface area contributed by atoms with Crippen LogP contribution in [0.2, 0.25) is 10.0 Å². The van der Waals surface area contributed by atoms with Crippen molar-refractivity contribution < 1.29 is 9.53 Å². The van der Waals surface area contributed by atoms with Crippen molar-refractivity contribution in [3.8, 4) is 5.75 Å². The Bertz CT molecular complexity index is 707. The van der Waals surface area contributed by atoms with E-state index in [0.29, 0.717) is 28.2 Å². The predicted molar refractivity (Wildman–Crippen MR) is 107 cm³/mol. The average Bonchev–Trinajstić information content (AvgIpc) is 2.57. The van der Waals surface area contributed by atoms with Crippen molar-refractivity contribution in [2.75, 3.05) is 12.4 Å².